The summed E-state index contributed by atoms with van der Waals surface area (Å²) in [5.41, 5.74) is -0.125. The molecule has 0 bridgehead atoms. The Morgan fingerprint density at radius 2 is 1.67 bits per heavy atom. The van der Waals surface area contributed by atoms with E-state index in [0.29, 0.717) is 11.3 Å². The van der Waals surface area contributed by atoms with Gasteiger partial charge in [-0.2, -0.15) is 0 Å². The Morgan fingerprint density at radius 3 is 2.30 bits per heavy atom. The van der Waals surface area contributed by atoms with Gasteiger partial charge in [-0.05, 0) is 19.1 Å². The van der Waals surface area contributed by atoms with Crippen LogP contribution in [-0.4, -0.2) is 31.5 Å². The highest BCUT2D eigenvalue weighted by molar-refractivity contribution is 5.88. The molecule has 0 spiro atoms. The highest BCUT2D eigenvalue weighted by Crippen LogP contribution is 2.40. The Balaban J connectivity index is 2.21. The number of phenols is 2. The molecule has 3 aromatic rings. The van der Waals surface area contributed by atoms with Gasteiger partial charge in [0.25, 0.3) is 0 Å². The zero-order chi connectivity index (χ0) is 19.7. The first kappa shape index (κ1) is 18.2. The fraction of sp³-hybridized carbons (Fsp3) is 0.211. The SMILES string of the molecule is COc1cc(Oc2oc3cc(OC)c(C)c(O)c3c(=O)c2OC)ccc1O. The number of phenolic OH excluding ortho intramolecular Hbond substituents is 2. The molecule has 0 aliphatic heterocycles. The highest BCUT2D eigenvalue weighted by atomic mass is 16.6. The van der Waals surface area contributed by atoms with Gasteiger partial charge in [0.2, 0.25) is 11.2 Å². The van der Waals surface area contributed by atoms with E-state index in [1.54, 1.807) is 6.92 Å². The van der Waals surface area contributed by atoms with Gasteiger partial charge in [-0.25, -0.2) is 0 Å². The van der Waals surface area contributed by atoms with Crippen LogP contribution >= 0.6 is 0 Å². The maximum absolute atomic E-state index is 12.8. The third-order valence-corrected chi connectivity index (χ3v) is 4.08. The van der Waals surface area contributed by atoms with Crippen LogP contribution in [0.5, 0.6) is 40.4 Å². The molecule has 1 aromatic heterocycles. The Kier molecular flexibility index (Phi) is 4.72. The molecule has 3 rings (SSSR count). The average molecular weight is 374 g/mol. The van der Waals surface area contributed by atoms with Gasteiger partial charge in [0.1, 0.15) is 28.2 Å². The van der Waals surface area contributed by atoms with E-state index in [1.807, 2.05) is 0 Å². The van der Waals surface area contributed by atoms with Crippen LogP contribution < -0.4 is 24.4 Å². The summed E-state index contributed by atoms with van der Waals surface area (Å²) in [5.74, 6) is 0.0301. The van der Waals surface area contributed by atoms with E-state index in [9.17, 15) is 15.0 Å². The molecule has 142 valence electrons. The number of rotatable bonds is 5. The van der Waals surface area contributed by atoms with Crippen LogP contribution in [0, 0.1) is 6.92 Å². The molecule has 0 saturated carbocycles. The zero-order valence-corrected chi connectivity index (χ0v) is 15.2. The molecule has 8 nitrogen and oxygen atoms in total. The minimum absolute atomic E-state index is 0.0409. The summed E-state index contributed by atoms with van der Waals surface area (Å²) < 4.78 is 26.6. The van der Waals surface area contributed by atoms with E-state index in [4.69, 9.17) is 23.4 Å². The maximum Gasteiger partial charge on any atom is 0.338 e. The van der Waals surface area contributed by atoms with Crippen LogP contribution in [0.3, 0.4) is 0 Å². The summed E-state index contributed by atoms with van der Waals surface area (Å²) in [6.45, 7) is 1.62. The van der Waals surface area contributed by atoms with Crippen molar-refractivity contribution < 1.29 is 33.6 Å². The fourth-order valence-electron chi connectivity index (χ4n) is 2.66. The fourth-order valence-corrected chi connectivity index (χ4v) is 2.66. The molecular formula is C19H18O8. The monoisotopic (exact) mass is 374 g/mol. The number of ether oxygens (including phenoxy) is 4. The first-order valence-corrected chi connectivity index (χ1v) is 7.87. The molecule has 0 atom stereocenters. The average Bonchev–Trinajstić information content (AvgIpc) is 2.66. The van der Waals surface area contributed by atoms with E-state index in [2.05, 4.69) is 0 Å². The molecule has 0 aliphatic rings. The number of hydrogen-bond donors (Lipinski definition) is 2. The van der Waals surface area contributed by atoms with Gasteiger partial charge in [0.15, 0.2) is 11.5 Å². The van der Waals surface area contributed by atoms with E-state index >= 15 is 0 Å². The molecule has 2 N–H and O–H groups in total. The van der Waals surface area contributed by atoms with Crippen LogP contribution in [0.2, 0.25) is 0 Å². The second-order valence-corrected chi connectivity index (χ2v) is 5.61. The number of methoxy groups -OCH3 is 3. The summed E-state index contributed by atoms with van der Waals surface area (Å²) in [6, 6.07) is 5.74. The second-order valence-electron chi connectivity index (χ2n) is 5.61. The van der Waals surface area contributed by atoms with Gasteiger partial charge in [0, 0.05) is 17.7 Å². The van der Waals surface area contributed by atoms with Crippen molar-refractivity contribution in [3.8, 4) is 40.4 Å². The van der Waals surface area contributed by atoms with Gasteiger partial charge in [-0.3, -0.25) is 4.79 Å². The predicted molar refractivity (Wildman–Crippen MR) is 96.7 cm³/mol. The van der Waals surface area contributed by atoms with Gasteiger partial charge in [0.05, 0.1) is 21.3 Å². The second kappa shape index (κ2) is 6.99. The lowest BCUT2D eigenvalue weighted by atomic mass is 10.1. The molecular weight excluding hydrogens is 356 g/mol. The van der Waals surface area contributed by atoms with Crippen LogP contribution in [0.4, 0.5) is 0 Å². The molecule has 1 heterocycles. The topological polar surface area (TPSA) is 108 Å². The van der Waals surface area contributed by atoms with Crippen LogP contribution in [-0.2, 0) is 0 Å². The Labute approximate surface area is 154 Å². The van der Waals surface area contributed by atoms with Crippen molar-refractivity contribution in [1.82, 2.24) is 0 Å². The largest absolute Gasteiger partial charge is 0.507 e. The van der Waals surface area contributed by atoms with Gasteiger partial charge >= 0.3 is 5.95 Å². The normalized spacial score (nSPS) is 10.7. The van der Waals surface area contributed by atoms with Crippen molar-refractivity contribution in [2.24, 2.45) is 0 Å². The predicted octanol–water partition coefficient (Wildman–Crippen LogP) is 3.33. The highest BCUT2D eigenvalue weighted by Gasteiger charge is 2.23. The van der Waals surface area contributed by atoms with Crippen molar-refractivity contribution in [2.45, 2.75) is 6.92 Å². The molecule has 2 aromatic carbocycles. The Bertz CT molecular complexity index is 1070. The molecule has 0 radical (unpaired) electrons. The van der Waals surface area contributed by atoms with Gasteiger partial charge in [-0.15, -0.1) is 0 Å². The van der Waals surface area contributed by atoms with Gasteiger partial charge < -0.3 is 33.6 Å². The summed E-state index contributed by atoms with van der Waals surface area (Å²) in [5, 5.41) is 20.0. The van der Waals surface area contributed by atoms with Crippen LogP contribution in [0.25, 0.3) is 11.0 Å². The molecule has 0 fully saturated rings. The lowest BCUT2D eigenvalue weighted by molar-refractivity contribution is 0.302. The lowest BCUT2D eigenvalue weighted by Crippen LogP contribution is -2.08. The van der Waals surface area contributed by atoms with E-state index in [1.165, 1.54) is 45.6 Å². The third-order valence-electron chi connectivity index (χ3n) is 4.08. The number of hydrogen-bond acceptors (Lipinski definition) is 8. The lowest BCUT2D eigenvalue weighted by Gasteiger charge is -2.13. The summed E-state index contributed by atoms with van der Waals surface area (Å²) >= 11 is 0. The summed E-state index contributed by atoms with van der Waals surface area (Å²) in [7, 11) is 4.12. The molecule has 0 aliphatic carbocycles. The molecule has 0 amide bonds. The van der Waals surface area contributed by atoms with Gasteiger partial charge in [-0.1, -0.05) is 0 Å². The smallest absolute Gasteiger partial charge is 0.338 e. The van der Waals surface area contributed by atoms with Crippen LogP contribution in [0.1, 0.15) is 5.56 Å². The minimum Gasteiger partial charge on any atom is -0.507 e. The first-order chi connectivity index (χ1) is 12.9. The molecule has 0 saturated heterocycles. The van der Waals surface area contributed by atoms with Crippen molar-refractivity contribution in [3.05, 3.63) is 40.1 Å². The Hall–Kier alpha value is -3.55. The first-order valence-electron chi connectivity index (χ1n) is 7.87. The number of aromatic hydroxyl groups is 2. The standard InChI is InChI=1S/C19H18O8/c1-9-12(23-2)8-14-15(16(9)21)17(22)18(25-4)19(27-14)26-10-5-6-11(20)13(7-10)24-3/h5-8,20-21H,1-4H3. The molecule has 0 unspecified atom stereocenters. The summed E-state index contributed by atoms with van der Waals surface area (Å²) in [6.07, 6.45) is 0. The number of benzene rings is 2. The zero-order valence-electron chi connectivity index (χ0n) is 15.2. The molecule has 8 heteroatoms. The maximum atomic E-state index is 12.8. The Morgan fingerprint density at radius 1 is 0.963 bits per heavy atom. The quantitative estimate of drug-likeness (QED) is 0.700. The van der Waals surface area contributed by atoms with E-state index in [-0.39, 0.29) is 45.7 Å². The van der Waals surface area contributed by atoms with Crippen molar-refractivity contribution >= 4 is 11.0 Å². The van der Waals surface area contributed by atoms with Crippen LogP contribution in [0.15, 0.2) is 33.5 Å². The van der Waals surface area contributed by atoms with Crippen molar-refractivity contribution in [2.75, 3.05) is 21.3 Å². The van der Waals surface area contributed by atoms with Crippen molar-refractivity contribution in [1.29, 1.82) is 0 Å². The molecule has 27 heavy (non-hydrogen) atoms. The van der Waals surface area contributed by atoms with E-state index < -0.39 is 5.43 Å². The number of fused-ring (bicyclic) bond motifs is 1. The summed E-state index contributed by atoms with van der Waals surface area (Å²) in [4.78, 5) is 12.8. The third kappa shape index (κ3) is 3.05. The van der Waals surface area contributed by atoms with E-state index in [0.717, 1.165) is 0 Å². The van der Waals surface area contributed by atoms with Crippen molar-refractivity contribution in [3.63, 3.8) is 0 Å². The minimum atomic E-state index is -0.595.